The summed E-state index contributed by atoms with van der Waals surface area (Å²) in [6.45, 7) is 3.88. The lowest BCUT2D eigenvalue weighted by molar-refractivity contribution is -0.112. The van der Waals surface area contributed by atoms with Crippen LogP contribution in [-0.2, 0) is 11.2 Å². The second-order valence-electron chi connectivity index (χ2n) is 4.07. The van der Waals surface area contributed by atoms with Crippen LogP contribution in [0, 0.1) is 0 Å². The molecule has 2 aromatic heterocycles. The molecule has 0 saturated carbocycles. The second-order valence-corrected chi connectivity index (χ2v) is 5.18. The van der Waals surface area contributed by atoms with E-state index in [2.05, 4.69) is 10.4 Å². The minimum absolute atomic E-state index is 0.265. The number of hydrogen-bond acceptors (Lipinski definition) is 4. The molecule has 0 fully saturated rings. The maximum Gasteiger partial charge on any atom is 0.280 e. The van der Waals surface area contributed by atoms with Gasteiger partial charge in [-0.2, -0.15) is 0 Å². The topological polar surface area (TPSA) is 64.0 Å². The highest BCUT2D eigenvalue weighted by Gasteiger charge is 2.08. The molecule has 0 saturated heterocycles. The number of aryl methyl sites for hydroxylation is 1. The van der Waals surface area contributed by atoms with Gasteiger partial charge in [0.2, 0.25) is 0 Å². The molecule has 0 bridgehead atoms. The van der Waals surface area contributed by atoms with Gasteiger partial charge in [-0.1, -0.05) is 25.2 Å². The summed E-state index contributed by atoms with van der Waals surface area (Å²) in [5.74, 6) is -0.378. The Hall–Kier alpha value is -2.21. The molecule has 0 spiro atoms. The summed E-state index contributed by atoms with van der Waals surface area (Å²) < 4.78 is 1.11. The fourth-order valence-electron chi connectivity index (χ4n) is 1.64. The van der Waals surface area contributed by atoms with Crippen molar-refractivity contribution in [1.82, 2.24) is 9.66 Å². The molecule has 2 heterocycles. The molecule has 2 rings (SSSR count). The summed E-state index contributed by atoms with van der Waals surface area (Å²) in [4.78, 5) is 29.8. The lowest BCUT2D eigenvalue weighted by Crippen LogP contribution is -2.32. The molecule has 0 aromatic carbocycles. The summed E-state index contributed by atoms with van der Waals surface area (Å²) in [6, 6.07) is 1.83. The highest BCUT2D eigenvalue weighted by Crippen LogP contribution is 2.20. The number of carbonyl (C=O) groups excluding carboxylic acids is 1. The van der Waals surface area contributed by atoms with E-state index >= 15 is 0 Å². The predicted molar refractivity (Wildman–Crippen MR) is 81.6 cm³/mol. The number of hydrogen-bond donors (Lipinski definition) is 1. The van der Waals surface area contributed by atoms with Crippen LogP contribution in [0.1, 0.15) is 18.7 Å². The van der Waals surface area contributed by atoms with Gasteiger partial charge in [0.1, 0.15) is 11.2 Å². The van der Waals surface area contributed by atoms with Gasteiger partial charge < -0.3 is 0 Å². The van der Waals surface area contributed by atoms with Crippen LogP contribution < -0.4 is 11.0 Å². The van der Waals surface area contributed by atoms with Crippen LogP contribution >= 0.6 is 11.3 Å². The smallest absolute Gasteiger partial charge is 0.268 e. The van der Waals surface area contributed by atoms with Gasteiger partial charge in [0, 0.05) is 11.0 Å². The Labute approximate surface area is 120 Å². The molecule has 0 aliphatic rings. The van der Waals surface area contributed by atoms with Gasteiger partial charge in [-0.05, 0) is 19.4 Å². The zero-order valence-electron chi connectivity index (χ0n) is 11.3. The van der Waals surface area contributed by atoms with Crippen LogP contribution in [0.25, 0.3) is 10.2 Å². The molecule has 1 amide bonds. The van der Waals surface area contributed by atoms with Crippen LogP contribution in [0.2, 0.25) is 0 Å². The first-order chi connectivity index (χ1) is 9.65. The lowest BCUT2D eigenvalue weighted by Gasteiger charge is -2.04. The van der Waals surface area contributed by atoms with Crippen molar-refractivity contribution in [1.29, 1.82) is 0 Å². The molecule has 0 radical (unpaired) electrons. The predicted octanol–water partition coefficient (Wildman–Crippen LogP) is 2.22. The minimum atomic E-state index is -0.378. The van der Waals surface area contributed by atoms with E-state index in [0.717, 1.165) is 16.0 Å². The summed E-state index contributed by atoms with van der Waals surface area (Å²) in [5.41, 5.74) is 2.21. The van der Waals surface area contributed by atoms with Crippen molar-refractivity contribution in [2.45, 2.75) is 20.3 Å². The number of nitrogens with zero attached hydrogens (tertiary/aromatic N) is 2. The molecule has 104 valence electrons. The molecule has 0 atom stereocenters. The van der Waals surface area contributed by atoms with E-state index < -0.39 is 0 Å². The van der Waals surface area contributed by atoms with Gasteiger partial charge >= 0.3 is 0 Å². The van der Waals surface area contributed by atoms with Gasteiger partial charge in [-0.25, -0.2) is 9.66 Å². The molecule has 20 heavy (non-hydrogen) atoms. The zero-order valence-corrected chi connectivity index (χ0v) is 12.1. The molecule has 1 N–H and O–H groups in total. The number of allylic oxidation sites excluding steroid dienone is 3. The van der Waals surface area contributed by atoms with Crippen LogP contribution in [0.4, 0.5) is 0 Å². The van der Waals surface area contributed by atoms with Gasteiger partial charge in [0.05, 0.1) is 5.39 Å². The van der Waals surface area contributed by atoms with Gasteiger partial charge in [-0.3, -0.25) is 15.0 Å². The van der Waals surface area contributed by atoms with E-state index in [1.165, 1.54) is 23.7 Å². The van der Waals surface area contributed by atoms with E-state index in [9.17, 15) is 9.59 Å². The Bertz CT molecular complexity index is 740. The number of nitrogens with one attached hydrogen (secondary N) is 1. The third kappa shape index (κ3) is 3.03. The van der Waals surface area contributed by atoms with Crippen molar-refractivity contribution >= 4 is 27.5 Å². The molecular formula is C14H15N3O2S. The first kappa shape index (κ1) is 14.2. The standard InChI is InChI=1S/C14H15N3O2S/c1-3-5-6-7-12(18)16-17-9-15-13-11(14(17)19)8-10(4-2)20-13/h3,5-9H,4H2,1-2H3,(H,16,18). The van der Waals surface area contributed by atoms with E-state index in [1.807, 2.05) is 19.9 Å². The fraction of sp³-hybridized carbons (Fsp3) is 0.214. The Kier molecular flexibility index (Phi) is 4.47. The Morgan fingerprint density at radius 1 is 1.50 bits per heavy atom. The van der Waals surface area contributed by atoms with E-state index in [-0.39, 0.29) is 11.5 Å². The number of thiophene rings is 1. The maximum atomic E-state index is 12.2. The van der Waals surface area contributed by atoms with Crippen molar-refractivity contribution in [3.05, 3.63) is 51.9 Å². The number of fused-ring (bicyclic) bond motifs is 1. The van der Waals surface area contributed by atoms with Gasteiger partial charge in [0.25, 0.3) is 11.5 Å². The molecule has 0 aliphatic heterocycles. The Balaban J connectivity index is 2.29. The summed E-state index contributed by atoms with van der Waals surface area (Å²) in [5, 5.41) is 0.534. The highest BCUT2D eigenvalue weighted by atomic mass is 32.1. The maximum absolute atomic E-state index is 12.2. The lowest BCUT2D eigenvalue weighted by atomic mass is 10.3. The van der Waals surface area contributed by atoms with E-state index in [0.29, 0.717) is 10.2 Å². The largest absolute Gasteiger partial charge is 0.280 e. The number of rotatable bonds is 4. The fourth-order valence-corrected chi connectivity index (χ4v) is 2.56. The average Bonchev–Trinajstić information content (AvgIpc) is 2.86. The van der Waals surface area contributed by atoms with Gasteiger partial charge in [0.15, 0.2) is 0 Å². The van der Waals surface area contributed by atoms with Gasteiger partial charge in [-0.15, -0.1) is 11.3 Å². The summed E-state index contributed by atoms with van der Waals surface area (Å²) in [6.07, 6.45) is 8.69. The van der Waals surface area contributed by atoms with Crippen molar-refractivity contribution in [2.75, 3.05) is 5.43 Å². The molecule has 0 aliphatic carbocycles. The first-order valence-corrected chi connectivity index (χ1v) is 7.07. The molecule has 5 nitrogen and oxygen atoms in total. The van der Waals surface area contributed by atoms with E-state index in [1.54, 1.807) is 18.2 Å². The minimum Gasteiger partial charge on any atom is -0.268 e. The Morgan fingerprint density at radius 2 is 2.30 bits per heavy atom. The highest BCUT2D eigenvalue weighted by molar-refractivity contribution is 7.18. The number of amides is 1. The summed E-state index contributed by atoms with van der Waals surface area (Å²) in [7, 11) is 0. The van der Waals surface area contributed by atoms with Crippen LogP contribution in [0.3, 0.4) is 0 Å². The third-order valence-electron chi connectivity index (χ3n) is 2.63. The van der Waals surface area contributed by atoms with Crippen molar-refractivity contribution in [3.63, 3.8) is 0 Å². The number of carbonyl (C=O) groups is 1. The third-order valence-corrected chi connectivity index (χ3v) is 3.82. The van der Waals surface area contributed by atoms with E-state index in [4.69, 9.17) is 0 Å². The summed E-state index contributed by atoms with van der Waals surface area (Å²) >= 11 is 1.50. The Morgan fingerprint density at radius 3 is 3.00 bits per heavy atom. The first-order valence-electron chi connectivity index (χ1n) is 6.26. The van der Waals surface area contributed by atoms with Crippen LogP contribution in [0.15, 0.2) is 41.5 Å². The SMILES string of the molecule is CC=CC=CC(=O)Nn1cnc2sc(CC)cc2c1=O. The van der Waals surface area contributed by atoms with Crippen molar-refractivity contribution in [3.8, 4) is 0 Å². The normalized spacial score (nSPS) is 11.7. The molecular weight excluding hydrogens is 274 g/mol. The van der Waals surface area contributed by atoms with Crippen LogP contribution in [-0.4, -0.2) is 15.6 Å². The second kappa shape index (κ2) is 6.29. The van der Waals surface area contributed by atoms with Crippen molar-refractivity contribution in [2.24, 2.45) is 0 Å². The molecule has 6 heteroatoms. The molecule has 0 unspecified atom stereocenters. The molecule has 2 aromatic rings. The quantitative estimate of drug-likeness (QED) is 0.693. The van der Waals surface area contributed by atoms with Crippen LogP contribution in [0.5, 0.6) is 0 Å². The van der Waals surface area contributed by atoms with Crippen molar-refractivity contribution < 1.29 is 4.79 Å². The average molecular weight is 289 g/mol. The zero-order chi connectivity index (χ0) is 14.5. The monoisotopic (exact) mass is 289 g/mol. The number of aromatic nitrogens is 2.